The lowest BCUT2D eigenvalue weighted by Gasteiger charge is -2.09. The van der Waals surface area contributed by atoms with E-state index in [1.54, 1.807) is 18.2 Å². The maximum Gasteiger partial charge on any atom is 0.331 e. The molecule has 0 radical (unpaired) electrons. The zero-order chi connectivity index (χ0) is 15.0. The van der Waals surface area contributed by atoms with Crippen molar-refractivity contribution in [2.24, 2.45) is 0 Å². The average molecular weight is 273 g/mol. The number of anilines is 1. The van der Waals surface area contributed by atoms with Gasteiger partial charge in [0, 0.05) is 11.8 Å². The van der Waals surface area contributed by atoms with Crippen LogP contribution in [-0.4, -0.2) is 18.5 Å². The maximum absolute atomic E-state index is 11.7. The van der Waals surface area contributed by atoms with Crippen LogP contribution in [-0.2, 0) is 14.3 Å². The fourth-order valence-electron chi connectivity index (χ4n) is 1.57. The lowest BCUT2D eigenvalue weighted by atomic mass is 10.1. The SMILES string of the molecule is C/C=C/C=C/C(=O)OCC(=O)Nc1ccc(C)cc1C. The molecule has 0 saturated heterocycles. The number of allylic oxidation sites excluding steroid dienone is 3. The van der Waals surface area contributed by atoms with Crippen molar-refractivity contribution >= 4 is 17.6 Å². The summed E-state index contributed by atoms with van der Waals surface area (Å²) in [6.45, 7) is 5.44. The number of hydrogen-bond donors (Lipinski definition) is 1. The second-order valence-electron chi connectivity index (χ2n) is 4.36. The Kier molecular flexibility index (Phi) is 6.23. The first-order valence-corrected chi connectivity index (χ1v) is 6.36. The predicted molar refractivity (Wildman–Crippen MR) is 79.5 cm³/mol. The predicted octanol–water partition coefficient (Wildman–Crippen LogP) is 2.92. The van der Waals surface area contributed by atoms with Crippen LogP contribution in [0.5, 0.6) is 0 Å². The standard InChI is InChI=1S/C16H19NO3/c1-4-5-6-7-16(19)20-11-15(18)17-14-9-8-12(2)10-13(14)3/h4-10H,11H2,1-3H3,(H,17,18)/b5-4+,7-6+. The molecule has 1 aromatic carbocycles. The third kappa shape index (κ3) is 5.52. The van der Waals surface area contributed by atoms with E-state index in [2.05, 4.69) is 5.32 Å². The molecule has 20 heavy (non-hydrogen) atoms. The molecule has 0 unspecified atom stereocenters. The fourth-order valence-corrected chi connectivity index (χ4v) is 1.57. The lowest BCUT2D eigenvalue weighted by Crippen LogP contribution is -2.20. The largest absolute Gasteiger partial charge is 0.452 e. The van der Waals surface area contributed by atoms with Gasteiger partial charge in [-0.25, -0.2) is 4.79 Å². The van der Waals surface area contributed by atoms with Crippen LogP contribution in [0.15, 0.2) is 42.5 Å². The van der Waals surface area contributed by atoms with E-state index in [0.29, 0.717) is 0 Å². The zero-order valence-corrected chi connectivity index (χ0v) is 12.0. The average Bonchev–Trinajstić information content (AvgIpc) is 2.40. The number of hydrogen-bond acceptors (Lipinski definition) is 3. The molecule has 1 aromatic rings. The molecule has 106 valence electrons. The number of rotatable bonds is 5. The number of carbonyl (C=O) groups is 2. The van der Waals surface area contributed by atoms with Crippen molar-refractivity contribution in [2.45, 2.75) is 20.8 Å². The van der Waals surface area contributed by atoms with Crippen LogP contribution in [0.4, 0.5) is 5.69 Å². The van der Waals surface area contributed by atoms with Crippen LogP contribution in [0, 0.1) is 13.8 Å². The Labute approximate surface area is 119 Å². The minimum Gasteiger partial charge on any atom is -0.452 e. The van der Waals surface area contributed by atoms with Crippen LogP contribution < -0.4 is 5.32 Å². The van der Waals surface area contributed by atoms with E-state index in [0.717, 1.165) is 16.8 Å². The molecule has 0 saturated carbocycles. The van der Waals surface area contributed by atoms with Crippen molar-refractivity contribution in [1.82, 2.24) is 0 Å². The Hall–Kier alpha value is -2.36. The summed E-state index contributed by atoms with van der Waals surface area (Å²) in [7, 11) is 0. The number of benzene rings is 1. The topological polar surface area (TPSA) is 55.4 Å². The quantitative estimate of drug-likeness (QED) is 0.510. The molecule has 0 aliphatic heterocycles. The van der Waals surface area contributed by atoms with E-state index in [9.17, 15) is 9.59 Å². The Morgan fingerprint density at radius 3 is 2.65 bits per heavy atom. The van der Waals surface area contributed by atoms with Gasteiger partial charge >= 0.3 is 5.97 Å². The Morgan fingerprint density at radius 1 is 1.25 bits per heavy atom. The van der Waals surface area contributed by atoms with Crippen molar-refractivity contribution in [3.63, 3.8) is 0 Å². The van der Waals surface area contributed by atoms with Crippen molar-refractivity contribution in [2.75, 3.05) is 11.9 Å². The normalized spacial score (nSPS) is 10.9. The van der Waals surface area contributed by atoms with Gasteiger partial charge in [-0.3, -0.25) is 4.79 Å². The first-order chi connectivity index (χ1) is 9.52. The first-order valence-electron chi connectivity index (χ1n) is 6.36. The molecule has 0 aliphatic rings. The van der Waals surface area contributed by atoms with Gasteiger partial charge in [-0.1, -0.05) is 35.9 Å². The fraction of sp³-hybridized carbons (Fsp3) is 0.250. The molecule has 0 aromatic heterocycles. The number of esters is 1. The van der Waals surface area contributed by atoms with E-state index in [4.69, 9.17) is 4.74 Å². The second-order valence-corrected chi connectivity index (χ2v) is 4.36. The highest BCUT2D eigenvalue weighted by Gasteiger charge is 2.07. The molecule has 0 spiro atoms. The van der Waals surface area contributed by atoms with Crippen LogP contribution in [0.2, 0.25) is 0 Å². The highest BCUT2D eigenvalue weighted by Crippen LogP contribution is 2.15. The van der Waals surface area contributed by atoms with Crippen molar-refractivity contribution in [3.05, 3.63) is 53.6 Å². The van der Waals surface area contributed by atoms with E-state index >= 15 is 0 Å². The number of carbonyl (C=O) groups excluding carboxylic acids is 2. The maximum atomic E-state index is 11.7. The second kappa shape index (κ2) is 7.94. The monoisotopic (exact) mass is 273 g/mol. The van der Waals surface area contributed by atoms with Crippen molar-refractivity contribution in [3.8, 4) is 0 Å². The highest BCUT2D eigenvalue weighted by atomic mass is 16.5. The van der Waals surface area contributed by atoms with Crippen LogP contribution >= 0.6 is 0 Å². The zero-order valence-electron chi connectivity index (χ0n) is 12.0. The van der Waals surface area contributed by atoms with Gasteiger partial charge in [-0.2, -0.15) is 0 Å². The van der Waals surface area contributed by atoms with E-state index < -0.39 is 5.97 Å². The van der Waals surface area contributed by atoms with Gasteiger partial charge < -0.3 is 10.1 Å². The summed E-state index contributed by atoms with van der Waals surface area (Å²) in [5.74, 6) is -0.899. The minimum absolute atomic E-state index is 0.299. The summed E-state index contributed by atoms with van der Waals surface area (Å²) >= 11 is 0. The number of nitrogens with one attached hydrogen (secondary N) is 1. The van der Waals surface area contributed by atoms with Crippen LogP contribution in [0.1, 0.15) is 18.1 Å². The molecule has 1 N–H and O–H groups in total. The van der Waals surface area contributed by atoms with Crippen LogP contribution in [0.3, 0.4) is 0 Å². The van der Waals surface area contributed by atoms with Crippen molar-refractivity contribution < 1.29 is 14.3 Å². The van der Waals surface area contributed by atoms with Gasteiger partial charge in [0.2, 0.25) is 0 Å². The molecular formula is C16H19NO3. The van der Waals surface area contributed by atoms with Crippen LogP contribution in [0.25, 0.3) is 0 Å². The summed E-state index contributed by atoms with van der Waals surface area (Å²) < 4.78 is 4.81. The molecule has 0 atom stereocenters. The van der Waals surface area contributed by atoms with Gasteiger partial charge in [-0.05, 0) is 32.4 Å². The van der Waals surface area contributed by atoms with Gasteiger partial charge in [-0.15, -0.1) is 0 Å². The summed E-state index contributed by atoms with van der Waals surface area (Å²) in [4.78, 5) is 22.9. The molecule has 0 bridgehead atoms. The summed E-state index contributed by atoms with van der Waals surface area (Å²) in [5, 5.41) is 2.71. The van der Waals surface area contributed by atoms with E-state index in [-0.39, 0.29) is 12.5 Å². The summed E-state index contributed by atoms with van der Waals surface area (Å²) in [6, 6.07) is 5.71. The van der Waals surface area contributed by atoms with E-state index in [1.165, 1.54) is 6.08 Å². The van der Waals surface area contributed by atoms with Gasteiger partial charge in [0.15, 0.2) is 6.61 Å². The third-order valence-electron chi connectivity index (χ3n) is 2.54. The van der Waals surface area contributed by atoms with Gasteiger partial charge in [0.25, 0.3) is 5.91 Å². The number of aryl methyl sites for hydroxylation is 2. The smallest absolute Gasteiger partial charge is 0.331 e. The van der Waals surface area contributed by atoms with Gasteiger partial charge in [0.1, 0.15) is 0 Å². The molecule has 1 amide bonds. The van der Waals surface area contributed by atoms with E-state index in [1.807, 2.05) is 39.0 Å². The summed E-state index contributed by atoms with van der Waals surface area (Å²) in [6.07, 6.45) is 6.32. The third-order valence-corrected chi connectivity index (χ3v) is 2.54. The molecule has 0 heterocycles. The minimum atomic E-state index is -0.543. The molecule has 4 nitrogen and oxygen atoms in total. The Bertz CT molecular complexity index is 545. The number of amides is 1. The highest BCUT2D eigenvalue weighted by molar-refractivity contribution is 5.94. The molecule has 0 aliphatic carbocycles. The Balaban J connectivity index is 2.46. The lowest BCUT2D eigenvalue weighted by molar-refractivity contribution is -0.142. The first kappa shape index (κ1) is 15.7. The van der Waals surface area contributed by atoms with Crippen molar-refractivity contribution in [1.29, 1.82) is 0 Å². The summed E-state index contributed by atoms with van der Waals surface area (Å²) in [5.41, 5.74) is 2.82. The molecule has 4 heteroatoms. The molecular weight excluding hydrogens is 254 g/mol. The van der Waals surface area contributed by atoms with Gasteiger partial charge in [0.05, 0.1) is 0 Å². The Morgan fingerprint density at radius 2 is 2.00 bits per heavy atom. The number of ether oxygens (including phenoxy) is 1. The molecule has 1 rings (SSSR count). The molecule has 0 fully saturated rings.